The molecule has 0 fully saturated rings. The van der Waals surface area contributed by atoms with E-state index in [1.165, 1.54) is 13.2 Å². The van der Waals surface area contributed by atoms with Gasteiger partial charge >= 0.3 is 5.97 Å². The van der Waals surface area contributed by atoms with Gasteiger partial charge in [-0.3, -0.25) is 9.82 Å². The van der Waals surface area contributed by atoms with Gasteiger partial charge in [-0.1, -0.05) is 0 Å². The summed E-state index contributed by atoms with van der Waals surface area (Å²) in [5.41, 5.74) is -0.925. The second-order valence-corrected chi connectivity index (χ2v) is 5.49. The maximum Gasteiger partial charge on any atom is 0.340 e. The molecule has 0 aliphatic rings. The number of hydrogen-bond donors (Lipinski definition) is 3. The molecule has 1 aromatic carbocycles. The number of carbonyl (C=O) groups is 1. The van der Waals surface area contributed by atoms with Crippen molar-refractivity contribution in [1.29, 1.82) is 0 Å². The van der Waals surface area contributed by atoms with E-state index in [4.69, 9.17) is 9.84 Å². The van der Waals surface area contributed by atoms with Crippen LogP contribution in [0.25, 0.3) is 0 Å². The molecule has 112 valence electrons. The summed E-state index contributed by atoms with van der Waals surface area (Å²) >= 11 is 0. The monoisotopic (exact) mass is 315 g/mol. The summed E-state index contributed by atoms with van der Waals surface area (Å²) in [5.74, 6) is -2.08. The lowest BCUT2D eigenvalue weighted by molar-refractivity contribution is 0.0692. The van der Waals surface area contributed by atoms with Gasteiger partial charge in [0.05, 0.1) is 19.0 Å². The third-order valence-electron chi connectivity index (χ3n) is 2.52. The fourth-order valence-electron chi connectivity index (χ4n) is 1.54. The minimum atomic E-state index is -4.34. The van der Waals surface area contributed by atoms with Crippen LogP contribution < -0.4 is 9.46 Å². The predicted octanol–water partition coefficient (Wildman–Crippen LogP) is 1.06. The molecule has 0 radical (unpaired) electrons. The summed E-state index contributed by atoms with van der Waals surface area (Å²) in [7, 11) is -3.00. The molecule has 21 heavy (non-hydrogen) atoms. The second kappa shape index (κ2) is 5.40. The van der Waals surface area contributed by atoms with Crippen molar-refractivity contribution >= 4 is 21.7 Å². The highest BCUT2D eigenvalue weighted by atomic mass is 32.2. The fraction of sp³-hybridized carbons (Fsp3) is 0.0909. The summed E-state index contributed by atoms with van der Waals surface area (Å²) < 4.78 is 44.6. The lowest BCUT2D eigenvalue weighted by Gasteiger charge is -2.09. The molecule has 0 atom stereocenters. The standard InChI is InChI=1S/C11H10FN3O5S/c1-20-6-2-3-8(12)9(4-6)15-21(18,19)10-7(11(16)17)5-13-14-10/h2-5,15H,1H3,(H,13,14)(H,16,17). The van der Waals surface area contributed by atoms with E-state index in [0.717, 1.165) is 18.3 Å². The first-order valence-electron chi connectivity index (χ1n) is 5.48. The third-order valence-corrected chi connectivity index (χ3v) is 3.86. The van der Waals surface area contributed by atoms with Gasteiger partial charge < -0.3 is 9.84 Å². The number of methoxy groups -OCH3 is 1. The van der Waals surface area contributed by atoms with Crippen LogP contribution in [0.15, 0.2) is 29.4 Å². The zero-order chi connectivity index (χ0) is 15.6. The first-order chi connectivity index (χ1) is 9.85. The molecule has 0 unspecified atom stereocenters. The number of nitrogens with one attached hydrogen (secondary N) is 2. The van der Waals surface area contributed by atoms with Gasteiger partial charge in [0.2, 0.25) is 0 Å². The zero-order valence-corrected chi connectivity index (χ0v) is 11.4. The van der Waals surface area contributed by atoms with Crippen molar-refractivity contribution in [1.82, 2.24) is 10.2 Å². The summed E-state index contributed by atoms with van der Waals surface area (Å²) in [6, 6.07) is 3.46. The Morgan fingerprint density at radius 2 is 2.19 bits per heavy atom. The quantitative estimate of drug-likeness (QED) is 0.758. The molecule has 1 heterocycles. The number of H-pyrrole nitrogens is 1. The molecule has 0 aliphatic heterocycles. The Bertz CT molecular complexity index is 787. The number of sulfonamides is 1. The molecule has 0 spiro atoms. The molecule has 3 N–H and O–H groups in total. The number of anilines is 1. The smallest absolute Gasteiger partial charge is 0.340 e. The highest BCUT2D eigenvalue weighted by Gasteiger charge is 2.25. The van der Waals surface area contributed by atoms with Gasteiger partial charge in [0.15, 0.2) is 5.03 Å². The summed E-state index contributed by atoms with van der Waals surface area (Å²) in [5, 5.41) is 13.6. The van der Waals surface area contributed by atoms with Crippen LogP contribution in [0.3, 0.4) is 0 Å². The Labute approximate surface area is 118 Å². The number of aromatic carboxylic acids is 1. The minimum absolute atomic E-state index is 0.233. The summed E-state index contributed by atoms with van der Waals surface area (Å²) in [6.07, 6.45) is 0.846. The molecular weight excluding hydrogens is 305 g/mol. The van der Waals surface area contributed by atoms with E-state index in [9.17, 15) is 17.6 Å². The Morgan fingerprint density at radius 3 is 2.81 bits per heavy atom. The third kappa shape index (κ3) is 2.94. The van der Waals surface area contributed by atoms with Crippen LogP contribution in [0.2, 0.25) is 0 Å². The first-order valence-corrected chi connectivity index (χ1v) is 6.96. The van der Waals surface area contributed by atoms with Crippen LogP contribution in [0.4, 0.5) is 10.1 Å². The molecular formula is C11H10FN3O5S. The van der Waals surface area contributed by atoms with Crippen molar-refractivity contribution in [3.8, 4) is 5.75 Å². The molecule has 0 amide bonds. The van der Waals surface area contributed by atoms with E-state index < -0.39 is 32.4 Å². The molecule has 0 saturated heterocycles. The topological polar surface area (TPSA) is 121 Å². The number of carboxylic acids is 1. The van der Waals surface area contributed by atoms with E-state index in [0.29, 0.717) is 0 Å². The Balaban J connectivity index is 2.42. The SMILES string of the molecule is COc1ccc(F)c(NS(=O)(=O)c2[nH]ncc2C(=O)O)c1. The number of benzene rings is 1. The van der Waals surface area contributed by atoms with Crippen molar-refractivity contribution < 1.29 is 27.4 Å². The molecule has 1 aromatic heterocycles. The largest absolute Gasteiger partial charge is 0.497 e. The van der Waals surface area contributed by atoms with Crippen LogP contribution in [-0.4, -0.2) is 36.8 Å². The number of ether oxygens (including phenoxy) is 1. The van der Waals surface area contributed by atoms with Crippen molar-refractivity contribution in [3.05, 3.63) is 35.8 Å². The van der Waals surface area contributed by atoms with E-state index in [2.05, 4.69) is 10.2 Å². The average Bonchev–Trinajstić information content (AvgIpc) is 2.91. The van der Waals surface area contributed by atoms with Gasteiger partial charge in [-0.05, 0) is 12.1 Å². The zero-order valence-electron chi connectivity index (χ0n) is 10.6. The van der Waals surface area contributed by atoms with Gasteiger partial charge in [-0.2, -0.15) is 13.5 Å². The van der Waals surface area contributed by atoms with E-state index in [1.54, 1.807) is 0 Å². The Morgan fingerprint density at radius 1 is 1.48 bits per heavy atom. The molecule has 0 bridgehead atoms. The van der Waals surface area contributed by atoms with Gasteiger partial charge in [0.25, 0.3) is 10.0 Å². The lowest BCUT2D eigenvalue weighted by Crippen LogP contribution is -2.17. The van der Waals surface area contributed by atoms with Gasteiger partial charge in [0.1, 0.15) is 17.1 Å². The molecule has 0 aliphatic carbocycles. The van der Waals surface area contributed by atoms with E-state index in [1.807, 2.05) is 4.72 Å². The van der Waals surface area contributed by atoms with Crippen molar-refractivity contribution in [2.75, 3.05) is 11.8 Å². The Kier molecular flexibility index (Phi) is 3.80. The first kappa shape index (κ1) is 14.8. The number of rotatable bonds is 5. The van der Waals surface area contributed by atoms with Gasteiger partial charge in [-0.25, -0.2) is 9.18 Å². The molecule has 2 aromatic rings. The molecule has 8 nitrogen and oxygen atoms in total. The highest BCUT2D eigenvalue weighted by molar-refractivity contribution is 7.92. The predicted molar refractivity (Wildman–Crippen MR) is 69.3 cm³/mol. The summed E-state index contributed by atoms with van der Waals surface area (Å²) in [4.78, 5) is 10.9. The highest BCUT2D eigenvalue weighted by Crippen LogP contribution is 2.24. The number of halogens is 1. The fourth-order valence-corrected chi connectivity index (χ4v) is 2.69. The van der Waals surface area contributed by atoms with Crippen LogP contribution in [0.5, 0.6) is 5.75 Å². The number of nitrogens with zero attached hydrogens (tertiary/aromatic N) is 1. The second-order valence-electron chi connectivity index (χ2n) is 3.87. The number of aromatic amines is 1. The van der Waals surface area contributed by atoms with Crippen LogP contribution >= 0.6 is 0 Å². The molecule has 2 rings (SSSR count). The van der Waals surface area contributed by atoms with Crippen LogP contribution in [0, 0.1) is 5.82 Å². The lowest BCUT2D eigenvalue weighted by atomic mass is 10.3. The average molecular weight is 315 g/mol. The van der Waals surface area contributed by atoms with Crippen molar-refractivity contribution in [3.63, 3.8) is 0 Å². The van der Waals surface area contributed by atoms with Gasteiger partial charge in [-0.15, -0.1) is 0 Å². The van der Waals surface area contributed by atoms with Crippen molar-refractivity contribution in [2.24, 2.45) is 0 Å². The van der Waals surface area contributed by atoms with Crippen LogP contribution in [-0.2, 0) is 10.0 Å². The number of hydrogen-bond acceptors (Lipinski definition) is 5. The summed E-state index contributed by atoms with van der Waals surface area (Å²) in [6.45, 7) is 0. The van der Waals surface area contributed by atoms with E-state index in [-0.39, 0.29) is 11.4 Å². The van der Waals surface area contributed by atoms with Gasteiger partial charge in [0, 0.05) is 6.07 Å². The number of carboxylic acid groups (broad SMARTS) is 1. The Hall–Kier alpha value is -2.62. The molecule has 10 heteroatoms. The maximum atomic E-state index is 13.6. The number of aromatic nitrogens is 2. The minimum Gasteiger partial charge on any atom is -0.497 e. The normalized spacial score (nSPS) is 11.1. The van der Waals surface area contributed by atoms with E-state index >= 15 is 0 Å². The van der Waals surface area contributed by atoms with Crippen molar-refractivity contribution in [2.45, 2.75) is 5.03 Å². The van der Waals surface area contributed by atoms with Crippen LogP contribution in [0.1, 0.15) is 10.4 Å². The molecule has 0 saturated carbocycles. The maximum absolute atomic E-state index is 13.6.